The molecule has 1 unspecified atom stereocenters. The van der Waals surface area contributed by atoms with Gasteiger partial charge in [-0.05, 0) is 65.2 Å². The van der Waals surface area contributed by atoms with Crippen LogP contribution in [0.4, 0.5) is 5.69 Å². The number of amides is 2. The van der Waals surface area contributed by atoms with Crippen LogP contribution in [0.3, 0.4) is 0 Å². The van der Waals surface area contributed by atoms with Crippen molar-refractivity contribution < 1.29 is 19.1 Å². The molecular formula is C20H29N3O4. The standard InChI is InChI=1S/C20H29N3O4/c1-14(2)27-20(26)15-6-8-17(9-7-15)21-19(25)16-12-18(24)23(13-16)11-5-10-22(3)4/h6-9,14,16H,5,10-13H2,1-4H3,(H,21,25). The normalized spacial score (nSPS) is 16.9. The van der Waals surface area contributed by atoms with Gasteiger partial charge in [-0.3, -0.25) is 9.59 Å². The second kappa shape index (κ2) is 9.50. The van der Waals surface area contributed by atoms with Gasteiger partial charge in [-0.25, -0.2) is 4.79 Å². The van der Waals surface area contributed by atoms with E-state index in [1.54, 1.807) is 43.0 Å². The Morgan fingerprint density at radius 2 is 1.93 bits per heavy atom. The van der Waals surface area contributed by atoms with E-state index in [4.69, 9.17) is 4.74 Å². The predicted octanol–water partition coefficient (Wildman–Crippen LogP) is 1.99. The smallest absolute Gasteiger partial charge is 0.338 e. The number of hydrogen-bond donors (Lipinski definition) is 1. The molecule has 0 aromatic heterocycles. The van der Waals surface area contributed by atoms with Crippen molar-refractivity contribution in [2.45, 2.75) is 32.8 Å². The molecule has 1 saturated heterocycles. The van der Waals surface area contributed by atoms with Crippen molar-refractivity contribution in [3.63, 3.8) is 0 Å². The van der Waals surface area contributed by atoms with Gasteiger partial charge in [-0.15, -0.1) is 0 Å². The van der Waals surface area contributed by atoms with Crippen molar-refractivity contribution in [1.82, 2.24) is 9.80 Å². The molecule has 0 spiro atoms. The third-order valence-corrected chi connectivity index (χ3v) is 4.35. The summed E-state index contributed by atoms with van der Waals surface area (Å²) in [7, 11) is 3.99. The Morgan fingerprint density at radius 1 is 1.26 bits per heavy atom. The molecule has 2 amide bonds. The fourth-order valence-corrected chi connectivity index (χ4v) is 2.96. The van der Waals surface area contributed by atoms with Crippen molar-refractivity contribution in [3.05, 3.63) is 29.8 Å². The van der Waals surface area contributed by atoms with E-state index in [1.807, 2.05) is 14.1 Å². The van der Waals surface area contributed by atoms with E-state index in [1.165, 1.54) is 0 Å². The maximum absolute atomic E-state index is 12.5. The third kappa shape index (κ3) is 6.36. The summed E-state index contributed by atoms with van der Waals surface area (Å²) in [6, 6.07) is 6.57. The second-order valence-corrected chi connectivity index (χ2v) is 7.42. The number of carbonyl (C=O) groups excluding carboxylic acids is 3. The van der Waals surface area contributed by atoms with Gasteiger partial charge in [0.05, 0.1) is 17.6 Å². The van der Waals surface area contributed by atoms with E-state index >= 15 is 0 Å². The molecule has 1 aliphatic rings. The van der Waals surface area contributed by atoms with Crippen molar-refractivity contribution in [2.24, 2.45) is 5.92 Å². The highest BCUT2D eigenvalue weighted by molar-refractivity contribution is 5.97. The number of carbonyl (C=O) groups is 3. The molecule has 2 rings (SSSR count). The van der Waals surface area contributed by atoms with Crippen LogP contribution in [-0.2, 0) is 14.3 Å². The van der Waals surface area contributed by atoms with Crippen molar-refractivity contribution >= 4 is 23.5 Å². The third-order valence-electron chi connectivity index (χ3n) is 4.35. The molecular weight excluding hydrogens is 346 g/mol. The highest BCUT2D eigenvalue weighted by Gasteiger charge is 2.33. The summed E-state index contributed by atoms with van der Waals surface area (Å²) in [5.41, 5.74) is 1.03. The molecule has 1 aromatic carbocycles. The number of rotatable bonds is 8. The first-order chi connectivity index (χ1) is 12.8. The first-order valence-electron chi connectivity index (χ1n) is 9.30. The van der Waals surface area contributed by atoms with E-state index in [0.29, 0.717) is 24.3 Å². The molecule has 0 radical (unpaired) electrons. The van der Waals surface area contributed by atoms with E-state index in [0.717, 1.165) is 13.0 Å². The van der Waals surface area contributed by atoms with Crippen LogP contribution in [0.15, 0.2) is 24.3 Å². The zero-order valence-electron chi connectivity index (χ0n) is 16.5. The minimum atomic E-state index is -0.391. The minimum Gasteiger partial charge on any atom is -0.459 e. The molecule has 7 nitrogen and oxygen atoms in total. The number of likely N-dealkylation sites (tertiary alicyclic amines) is 1. The predicted molar refractivity (Wildman–Crippen MR) is 103 cm³/mol. The number of benzene rings is 1. The number of nitrogens with zero attached hydrogens (tertiary/aromatic N) is 2. The van der Waals surface area contributed by atoms with Crippen LogP contribution < -0.4 is 5.32 Å². The Kier molecular flexibility index (Phi) is 7.36. The average molecular weight is 375 g/mol. The van der Waals surface area contributed by atoms with E-state index in [9.17, 15) is 14.4 Å². The lowest BCUT2D eigenvalue weighted by Crippen LogP contribution is -2.30. The minimum absolute atomic E-state index is 0.0284. The molecule has 1 aromatic rings. The number of nitrogens with one attached hydrogen (secondary N) is 1. The maximum Gasteiger partial charge on any atom is 0.338 e. The summed E-state index contributed by atoms with van der Waals surface area (Å²) in [6.45, 7) is 5.62. The van der Waals surface area contributed by atoms with Gasteiger partial charge in [0.15, 0.2) is 0 Å². The highest BCUT2D eigenvalue weighted by Crippen LogP contribution is 2.20. The lowest BCUT2D eigenvalue weighted by molar-refractivity contribution is -0.128. The van der Waals surface area contributed by atoms with Gasteiger partial charge in [0.1, 0.15) is 0 Å². The Bertz CT molecular complexity index is 670. The second-order valence-electron chi connectivity index (χ2n) is 7.42. The van der Waals surface area contributed by atoms with Crippen LogP contribution in [0.25, 0.3) is 0 Å². The zero-order valence-corrected chi connectivity index (χ0v) is 16.5. The Labute approximate surface area is 160 Å². The molecule has 1 aliphatic heterocycles. The Balaban J connectivity index is 1.86. The molecule has 27 heavy (non-hydrogen) atoms. The number of anilines is 1. The average Bonchev–Trinajstić information content (AvgIpc) is 2.96. The van der Waals surface area contributed by atoms with Crippen molar-refractivity contribution in [1.29, 1.82) is 0 Å². The molecule has 1 N–H and O–H groups in total. The van der Waals surface area contributed by atoms with E-state index < -0.39 is 5.97 Å². The lowest BCUT2D eigenvalue weighted by atomic mass is 10.1. The maximum atomic E-state index is 12.5. The molecule has 1 atom stereocenters. The number of hydrogen-bond acceptors (Lipinski definition) is 5. The summed E-state index contributed by atoms with van der Waals surface area (Å²) in [6.07, 6.45) is 0.950. The largest absolute Gasteiger partial charge is 0.459 e. The van der Waals surface area contributed by atoms with Crippen LogP contribution in [-0.4, -0.2) is 67.4 Å². The summed E-state index contributed by atoms with van der Waals surface area (Å²) in [5, 5.41) is 2.83. The monoisotopic (exact) mass is 375 g/mol. The van der Waals surface area contributed by atoms with Crippen LogP contribution in [0.5, 0.6) is 0 Å². The first-order valence-corrected chi connectivity index (χ1v) is 9.30. The van der Waals surface area contributed by atoms with Gasteiger partial charge in [-0.2, -0.15) is 0 Å². The van der Waals surface area contributed by atoms with Gasteiger partial charge in [-0.1, -0.05) is 0 Å². The van der Waals surface area contributed by atoms with Crippen LogP contribution >= 0.6 is 0 Å². The highest BCUT2D eigenvalue weighted by atomic mass is 16.5. The van der Waals surface area contributed by atoms with Gasteiger partial charge in [0.25, 0.3) is 0 Å². The Morgan fingerprint density at radius 3 is 2.52 bits per heavy atom. The summed E-state index contributed by atoms with van der Waals surface area (Å²) < 4.78 is 5.14. The molecule has 0 aliphatic carbocycles. The molecule has 1 fully saturated rings. The zero-order chi connectivity index (χ0) is 20.0. The molecule has 7 heteroatoms. The van der Waals surface area contributed by atoms with Gasteiger partial charge in [0.2, 0.25) is 11.8 Å². The summed E-state index contributed by atoms with van der Waals surface area (Å²) in [5.74, 6) is -0.878. The summed E-state index contributed by atoms with van der Waals surface area (Å²) in [4.78, 5) is 40.2. The molecule has 0 saturated carbocycles. The van der Waals surface area contributed by atoms with Crippen molar-refractivity contribution in [2.75, 3.05) is 39.0 Å². The molecule has 1 heterocycles. The quantitative estimate of drug-likeness (QED) is 0.703. The molecule has 148 valence electrons. The van der Waals surface area contributed by atoms with Gasteiger partial charge in [0, 0.05) is 25.2 Å². The van der Waals surface area contributed by atoms with Crippen molar-refractivity contribution in [3.8, 4) is 0 Å². The van der Waals surface area contributed by atoms with Gasteiger partial charge >= 0.3 is 5.97 Å². The molecule has 0 bridgehead atoms. The number of ether oxygens (including phenoxy) is 1. The topological polar surface area (TPSA) is 78.9 Å². The van der Waals surface area contributed by atoms with Crippen LogP contribution in [0.2, 0.25) is 0 Å². The van der Waals surface area contributed by atoms with Gasteiger partial charge < -0.3 is 19.9 Å². The number of esters is 1. The fourth-order valence-electron chi connectivity index (χ4n) is 2.96. The first kappa shape index (κ1) is 20.9. The summed E-state index contributed by atoms with van der Waals surface area (Å²) >= 11 is 0. The van der Waals surface area contributed by atoms with E-state index in [2.05, 4.69) is 10.2 Å². The van der Waals surface area contributed by atoms with E-state index in [-0.39, 0.29) is 30.3 Å². The van der Waals surface area contributed by atoms with Crippen LogP contribution in [0, 0.1) is 5.92 Å². The lowest BCUT2D eigenvalue weighted by Gasteiger charge is -2.18. The fraction of sp³-hybridized carbons (Fsp3) is 0.550. The van der Waals surface area contributed by atoms with Crippen LogP contribution in [0.1, 0.15) is 37.0 Å². The Hall–Kier alpha value is -2.41. The SMILES string of the molecule is CC(C)OC(=O)c1ccc(NC(=O)C2CC(=O)N(CCCN(C)C)C2)cc1.